The second-order valence-corrected chi connectivity index (χ2v) is 21.1. The number of rotatable bonds is 11. The Morgan fingerprint density at radius 1 is 0.592 bits per heavy atom. The van der Waals surface area contributed by atoms with Gasteiger partial charge in [0.05, 0.1) is 29.6 Å². The molecule has 8 atom stereocenters. The van der Waals surface area contributed by atoms with Crippen LogP contribution in [0.1, 0.15) is 136 Å². The van der Waals surface area contributed by atoms with Gasteiger partial charge in [-0.2, -0.15) is 0 Å². The quantitative estimate of drug-likeness (QED) is 0.157. The summed E-state index contributed by atoms with van der Waals surface area (Å²) in [5.41, 5.74) is -2.18. The van der Waals surface area contributed by atoms with Gasteiger partial charge in [-0.3, -0.25) is 18.7 Å². The molecule has 0 spiro atoms. The largest absolute Gasteiger partial charge is 0.380 e. The molecule has 49 heavy (non-hydrogen) atoms. The average Bonchev–Trinajstić information content (AvgIpc) is 3.07. The molecule has 0 aliphatic heterocycles. The maximum absolute atomic E-state index is 13.7. The Bertz CT molecular complexity index is 1230. The van der Waals surface area contributed by atoms with E-state index in [0.29, 0.717) is 75.3 Å². The molecular weight excluding hydrogens is 666 g/mol. The molecule has 12 heteroatoms. The van der Waals surface area contributed by atoms with Gasteiger partial charge in [0, 0.05) is 30.8 Å². The summed E-state index contributed by atoms with van der Waals surface area (Å²) >= 11 is 0. The van der Waals surface area contributed by atoms with Gasteiger partial charge in [-0.25, -0.2) is 0 Å². The SMILES string of the molecule is COC1CCC(C(C)(C)C2CCC(OC3CCC(C(=O)C4CCCC(C(=O)C5CCC(C)CC5)C4)CC3)C(P(=O)(O)O)C2)CC1P(=O)(O)O. The molecule has 5 saturated carbocycles. The van der Waals surface area contributed by atoms with Crippen molar-refractivity contribution in [2.75, 3.05) is 7.11 Å². The number of hydrogen-bond donors (Lipinski definition) is 4. The van der Waals surface area contributed by atoms with E-state index in [-0.39, 0.29) is 47.0 Å². The lowest BCUT2D eigenvalue weighted by molar-refractivity contribution is -0.134. The fraction of sp³-hybridized carbons (Fsp3) is 0.946. The fourth-order valence-electron chi connectivity index (χ4n) is 10.7. The second-order valence-electron chi connectivity index (χ2n) is 17.4. The minimum absolute atomic E-state index is 0.00197. The zero-order chi connectivity index (χ0) is 35.7. The summed E-state index contributed by atoms with van der Waals surface area (Å²) in [4.78, 5) is 68.2. The zero-order valence-electron chi connectivity index (χ0n) is 30.3. The van der Waals surface area contributed by atoms with E-state index in [1.54, 1.807) is 0 Å². The van der Waals surface area contributed by atoms with E-state index >= 15 is 0 Å². The molecule has 5 fully saturated rings. The predicted octanol–water partition coefficient (Wildman–Crippen LogP) is 7.44. The van der Waals surface area contributed by atoms with Crippen LogP contribution < -0.4 is 0 Å². The molecule has 0 aromatic rings. The van der Waals surface area contributed by atoms with Gasteiger partial charge in [-0.1, -0.05) is 40.0 Å². The predicted molar refractivity (Wildman–Crippen MR) is 188 cm³/mol. The highest BCUT2D eigenvalue weighted by Gasteiger charge is 2.51. The Balaban J connectivity index is 1.13. The highest BCUT2D eigenvalue weighted by Crippen LogP contribution is 2.59. The topological polar surface area (TPSA) is 168 Å². The number of ketones is 2. The first-order valence-corrected chi connectivity index (χ1v) is 22.7. The fourth-order valence-corrected chi connectivity index (χ4v) is 13.1. The third-order valence-electron chi connectivity index (χ3n) is 14.1. The smallest absolute Gasteiger partial charge is 0.331 e. The molecule has 5 aliphatic carbocycles. The number of carbonyl (C=O) groups is 2. The molecule has 0 radical (unpaired) electrons. The number of hydrogen-bond acceptors (Lipinski definition) is 6. The molecule has 0 bridgehead atoms. The van der Waals surface area contributed by atoms with Crippen molar-refractivity contribution in [1.29, 1.82) is 0 Å². The molecule has 0 saturated heterocycles. The monoisotopic (exact) mass is 730 g/mol. The summed E-state index contributed by atoms with van der Waals surface area (Å²) in [5.74, 6) is 1.53. The molecule has 5 aliphatic rings. The highest BCUT2D eigenvalue weighted by atomic mass is 31.2. The Morgan fingerprint density at radius 3 is 1.51 bits per heavy atom. The van der Waals surface area contributed by atoms with Crippen molar-refractivity contribution in [2.45, 2.75) is 166 Å². The first-order chi connectivity index (χ1) is 23.0. The van der Waals surface area contributed by atoms with Gasteiger partial charge in [0.1, 0.15) is 11.6 Å². The van der Waals surface area contributed by atoms with E-state index in [1.807, 2.05) is 0 Å². The molecule has 8 unspecified atom stereocenters. The summed E-state index contributed by atoms with van der Waals surface area (Å²) in [6.45, 7) is 6.44. The molecule has 0 amide bonds. The van der Waals surface area contributed by atoms with Crippen molar-refractivity contribution in [3.63, 3.8) is 0 Å². The Labute approximate surface area is 294 Å². The molecule has 4 N–H and O–H groups in total. The van der Waals surface area contributed by atoms with Crippen LogP contribution in [0.4, 0.5) is 0 Å². The molecule has 10 nitrogen and oxygen atoms in total. The van der Waals surface area contributed by atoms with Crippen molar-refractivity contribution in [3.8, 4) is 0 Å². The molecule has 282 valence electrons. The summed E-state index contributed by atoms with van der Waals surface area (Å²) in [6, 6.07) is 0. The van der Waals surface area contributed by atoms with Crippen molar-refractivity contribution in [1.82, 2.24) is 0 Å². The van der Waals surface area contributed by atoms with Crippen molar-refractivity contribution in [3.05, 3.63) is 0 Å². The van der Waals surface area contributed by atoms with Crippen molar-refractivity contribution in [2.24, 2.45) is 46.8 Å². The molecule has 0 aromatic carbocycles. The Kier molecular flexibility index (Phi) is 13.2. The van der Waals surface area contributed by atoms with Crippen LogP contribution in [0.15, 0.2) is 0 Å². The maximum atomic E-state index is 13.7. The normalized spacial score (nSPS) is 40.1. The van der Waals surface area contributed by atoms with Crippen molar-refractivity contribution >= 4 is 26.8 Å². The lowest BCUT2D eigenvalue weighted by atomic mass is 9.60. The molecule has 0 heterocycles. The minimum Gasteiger partial charge on any atom is -0.380 e. The number of Topliss-reactive ketones (excluding diaryl/α,β-unsaturated/α-hetero) is 2. The van der Waals surface area contributed by atoms with Crippen LogP contribution in [-0.4, -0.2) is 67.9 Å². The standard InChI is InChI=1S/C37H64O10P2/c1-23-8-10-24(11-9-23)35(38)26-6-5-7-27(20-26)36(39)25-12-16-30(17-13-25)47-32-19-15-29(22-34(32)49(43,44)45)37(2,3)28-14-18-31(46-4)33(21-28)48(40,41)42/h23-34H,5-22H2,1-4H3,(H2,40,41,42)(H2,43,44,45). The number of carbonyl (C=O) groups excluding carboxylic acids is 2. The Hall–Kier alpha value is -0.440. The van der Waals surface area contributed by atoms with Crippen LogP contribution in [0, 0.1) is 46.8 Å². The van der Waals surface area contributed by atoms with E-state index in [2.05, 4.69) is 20.8 Å². The lowest BCUT2D eigenvalue weighted by Crippen LogP contribution is -2.47. The van der Waals surface area contributed by atoms with E-state index in [4.69, 9.17) is 9.47 Å². The number of methoxy groups -OCH3 is 1. The molecule has 5 rings (SSSR count). The van der Waals surface area contributed by atoms with Gasteiger partial charge >= 0.3 is 15.2 Å². The van der Waals surface area contributed by atoms with Gasteiger partial charge in [0.15, 0.2) is 0 Å². The average molecular weight is 731 g/mol. The maximum Gasteiger partial charge on any atom is 0.331 e. The van der Waals surface area contributed by atoms with Crippen LogP contribution in [0.25, 0.3) is 0 Å². The van der Waals surface area contributed by atoms with Crippen LogP contribution >= 0.6 is 15.2 Å². The highest BCUT2D eigenvalue weighted by molar-refractivity contribution is 7.52. The van der Waals surface area contributed by atoms with Crippen molar-refractivity contribution < 1.29 is 47.8 Å². The summed E-state index contributed by atoms with van der Waals surface area (Å²) in [7, 11) is -7.37. The van der Waals surface area contributed by atoms with Crippen LogP contribution in [0.5, 0.6) is 0 Å². The van der Waals surface area contributed by atoms with Gasteiger partial charge in [0.2, 0.25) is 0 Å². The Morgan fingerprint density at radius 2 is 1.04 bits per heavy atom. The molecule has 0 aromatic heterocycles. The van der Waals surface area contributed by atoms with Gasteiger partial charge < -0.3 is 29.0 Å². The van der Waals surface area contributed by atoms with E-state index in [9.17, 15) is 38.3 Å². The van der Waals surface area contributed by atoms with E-state index in [0.717, 1.165) is 57.8 Å². The van der Waals surface area contributed by atoms with Gasteiger partial charge in [0.25, 0.3) is 0 Å². The van der Waals surface area contributed by atoms with E-state index in [1.165, 1.54) is 7.11 Å². The molecular formula is C37H64O10P2. The summed E-state index contributed by atoms with van der Waals surface area (Å²) in [6.07, 6.45) is 12.5. The lowest BCUT2D eigenvalue weighted by Gasteiger charge is -2.50. The zero-order valence-corrected chi connectivity index (χ0v) is 32.1. The third kappa shape index (κ3) is 9.57. The third-order valence-corrected chi connectivity index (χ3v) is 16.9. The summed E-state index contributed by atoms with van der Waals surface area (Å²) < 4.78 is 37.1. The first-order valence-electron chi connectivity index (χ1n) is 19.3. The van der Waals surface area contributed by atoms with Crippen LogP contribution in [0.2, 0.25) is 0 Å². The first kappa shape index (κ1) is 39.8. The van der Waals surface area contributed by atoms with Gasteiger partial charge in [-0.05, 0) is 119 Å². The van der Waals surface area contributed by atoms with Gasteiger partial charge in [-0.15, -0.1) is 0 Å². The number of ether oxygens (including phenoxy) is 2. The minimum atomic E-state index is -4.49. The summed E-state index contributed by atoms with van der Waals surface area (Å²) in [5, 5.41) is 0. The van der Waals surface area contributed by atoms with E-state index < -0.39 is 38.7 Å². The second kappa shape index (κ2) is 16.3. The van der Waals surface area contributed by atoms with Crippen LogP contribution in [-0.2, 0) is 28.2 Å². The van der Waals surface area contributed by atoms with Crippen LogP contribution in [0.3, 0.4) is 0 Å².